The molecule has 0 fully saturated rings. The topological polar surface area (TPSA) is 64.9 Å². The van der Waals surface area contributed by atoms with Gasteiger partial charge in [0.2, 0.25) is 0 Å². The van der Waals surface area contributed by atoms with Crippen LogP contribution in [0.2, 0.25) is 0 Å². The lowest BCUT2D eigenvalue weighted by atomic mass is 10.3. The fourth-order valence-corrected chi connectivity index (χ4v) is 1.64. The molecule has 0 aliphatic carbocycles. The summed E-state index contributed by atoms with van der Waals surface area (Å²) in [6, 6.07) is 3.79. The number of anilines is 1. The summed E-state index contributed by atoms with van der Waals surface area (Å²) in [5, 5.41) is 7.48. The van der Waals surface area contributed by atoms with E-state index in [2.05, 4.69) is 27.3 Å². The Morgan fingerprint density at radius 1 is 1.37 bits per heavy atom. The Hall–Kier alpha value is -2.11. The number of hydrogen-bond acceptors (Lipinski definition) is 5. The number of nitrogens with zero attached hydrogens (tertiary/aromatic N) is 4. The Balaban J connectivity index is 1.88. The van der Waals surface area contributed by atoms with Crippen LogP contribution in [0.5, 0.6) is 5.75 Å². The molecule has 2 aromatic rings. The van der Waals surface area contributed by atoms with Crippen LogP contribution in [0.25, 0.3) is 0 Å². The summed E-state index contributed by atoms with van der Waals surface area (Å²) >= 11 is 0. The van der Waals surface area contributed by atoms with Gasteiger partial charge in [-0.2, -0.15) is 5.10 Å². The van der Waals surface area contributed by atoms with Crippen molar-refractivity contribution in [2.24, 2.45) is 7.05 Å². The smallest absolute Gasteiger partial charge is 0.168 e. The quantitative estimate of drug-likeness (QED) is 0.821. The number of aromatic nitrogens is 4. The molecule has 0 amide bonds. The second-order valence-electron chi connectivity index (χ2n) is 4.21. The van der Waals surface area contributed by atoms with Crippen LogP contribution < -0.4 is 10.1 Å². The lowest BCUT2D eigenvalue weighted by Crippen LogP contribution is -2.09. The van der Waals surface area contributed by atoms with Gasteiger partial charge in [0.15, 0.2) is 17.4 Å². The van der Waals surface area contributed by atoms with Gasteiger partial charge >= 0.3 is 0 Å². The molecule has 0 atom stereocenters. The SMILES string of the molecule is CCCOc1cccnc1NCCc1ncn(C)n1. The van der Waals surface area contributed by atoms with E-state index in [0.717, 1.165) is 36.8 Å². The van der Waals surface area contributed by atoms with E-state index in [-0.39, 0.29) is 0 Å². The monoisotopic (exact) mass is 261 g/mol. The maximum atomic E-state index is 5.63. The maximum absolute atomic E-state index is 5.63. The van der Waals surface area contributed by atoms with E-state index >= 15 is 0 Å². The Morgan fingerprint density at radius 3 is 3.00 bits per heavy atom. The molecule has 2 aromatic heterocycles. The van der Waals surface area contributed by atoms with Gasteiger partial charge in [-0.1, -0.05) is 6.92 Å². The molecule has 6 heteroatoms. The summed E-state index contributed by atoms with van der Waals surface area (Å²) in [6.45, 7) is 3.50. The Labute approximate surface area is 112 Å². The zero-order valence-electron chi connectivity index (χ0n) is 11.3. The third-order valence-corrected chi connectivity index (χ3v) is 2.52. The van der Waals surface area contributed by atoms with E-state index in [1.807, 2.05) is 19.2 Å². The number of nitrogens with one attached hydrogen (secondary N) is 1. The fraction of sp³-hybridized carbons (Fsp3) is 0.462. The predicted molar refractivity (Wildman–Crippen MR) is 73.2 cm³/mol. The number of pyridine rings is 1. The number of aryl methyl sites for hydroxylation is 1. The minimum atomic E-state index is 0.697. The molecule has 0 radical (unpaired) electrons. The van der Waals surface area contributed by atoms with Crippen molar-refractivity contribution in [1.29, 1.82) is 0 Å². The van der Waals surface area contributed by atoms with Crippen molar-refractivity contribution >= 4 is 5.82 Å². The van der Waals surface area contributed by atoms with E-state index in [4.69, 9.17) is 4.74 Å². The van der Waals surface area contributed by atoms with Crippen LogP contribution in [0.4, 0.5) is 5.82 Å². The van der Waals surface area contributed by atoms with Crippen LogP contribution in [0.3, 0.4) is 0 Å². The van der Waals surface area contributed by atoms with Crippen molar-refractivity contribution in [2.45, 2.75) is 19.8 Å². The molecular weight excluding hydrogens is 242 g/mol. The summed E-state index contributed by atoms with van der Waals surface area (Å²) in [5.41, 5.74) is 0. The first kappa shape index (κ1) is 13.3. The van der Waals surface area contributed by atoms with Crippen LogP contribution in [-0.2, 0) is 13.5 Å². The molecule has 102 valence electrons. The van der Waals surface area contributed by atoms with Crippen molar-refractivity contribution in [1.82, 2.24) is 19.7 Å². The average Bonchev–Trinajstić information content (AvgIpc) is 2.83. The molecular formula is C13H19N5O. The minimum absolute atomic E-state index is 0.697. The second-order valence-corrected chi connectivity index (χ2v) is 4.21. The number of rotatable bonds is 7. The molecule has 19 heavy (non-hydrogen) atoms. The molecule has 6 nitrogen and oxygen atoms in total. The molecule has 2 rings (SSSR count). The first-order chi connectivity index (χ1) is 9.29. The van der Waals surface area contributed by atoms with Crippen molar-refractivity contribution in [3.8, 4) is 5.75 Å². The van der Waals surface area contributed by atoms with Gasteiger partial charge in [-0.05, 0) is 18.6 Å². The van der Waals surface area contributed by atoms with Crippen LogP contribution in [0.15, 0.2) is 24.7 Å². The van der Waals surface area contributed by atoms with Crippen molar-refractivity contribution in [2.75, 3.05) is 18.5 Å². The van der Waals surface area contributed by atoms with Gasteiger partial charge in [0.05, 0.1) is 6.61 Å². The zero-order chi connectivity index (χ0) is 13.5. The van der Waals surface area contributed by atoms with E-state index in [1.165, 1.54) is 0 Å². The lowest BCUT2D eigenvalue weighted by Gasteiger charge is -2.10. The molecule has 1 N–H and O–H groups in total. The highest BCUT2D eigenvalue weighted by atomic mass is 16.5. The van der Waals surface area contributed by atoms with Crippen LogP contribution >= 0.6 is 0 Å². The molecule has 0 saturated heterocycles. The van der Waals surface area contributed by atoms with E-state index in [0.29, 0.717) is 6.61 Å². The first-order valence-corrected chi connectivity index (χ1v) is 6.45. The standard InChI is InChI=1S/C13H19N5O/c1-3-9-19-11-5-4-7-14-13(11)15-8-6-12-16-10-18(2)17-12/h4-5,7,10H,3,6,8-9H2,1-2H3,(H,14,15). The van der Waals surface area contributed by atoms with Crippen LogP contribution in [0.1, 0.15) is 19.2 Å². The molecule has 0 aromatic carbocycles. The maximum Gasteiger partial charge on any atom is 0.168 e. The molecule has 0 unspecified atom stereocenters. The van der Waals surface area contributed by atoms with Gasteiger partial charge in [0, 0.05) is 26.2 Å². The number of hydrogen-bond donors (Lipinski definition) is 1. The second kappa shape index (κ2) is 6.72. The normalized spacial score (nSPS) is 10.4. The van der Waals surface area contributed by atoms with E-state index in [1.54, 1.807) is 17.2 Å². The summed E-state index contributed by atoms with van der Waals surface area (Å²) in [6.07, 6.45) is 5.18. The van der Waals surface area contributed by atoms with Crippen LogP contribution in [-0.4, -0.2) is 32.9 Å². The Kier molecular flexibility index (Phi) is 4.72. The highest BCUT2D eigenvalue weighted by molar-refractivity contribution is 5.49. The average molecular weight is 261 g/mol. The molecule has 0 spiro atoms. The van der Waals surface area contributed by atoms with E-state index in [9.17, 15) is 0 Å². The lowest BCUT2D eigenvalue weighted by molar-refractivity contribution is 0.318. The van der Waals surface area contributed by atoms with Gasteiger partial charge < -0.3 is 10.1 Å². The summed E-state index contributed by atoms with van der Waals surface area (Å²) in [4.78, 5) is 8.47. The Morgan fingerprint density at radius 2 is 2.26 bits per heavy atom. The summed E-state index contributed by atoms with van der Waals surface area (Å²) in [5.74, 6) is 2.38. The molecule has 2 heterocycles. The largest absolute Gasteiger partial charge is 0.490 e. The fourth-order valence-electron chi connectivity index (χ4n) is 1.64. The van der Waals surface area contributed by atoms with Gasteiger partial charge in [0.1, 0.15) is 6.33 Å². The summed E-state index contributed by atoms with van der Waals surface area (Å²) in [7, 11) is 1.86. The third-order valence-electron chi connectivity index (χ3n) is 2.52. The van der Waals surface area contributed by atoms with Crippen molar-refractivity contribution in [3.05, 3.63) is 30.5 Å². The van der Waals surface area contributed by atoms with Gasteiger partial charge in [-0.25, -0.2) is 9.97 Å². The van der Waals surface area contributed by atoms with Gasteiger partial charge in [-0.3, -0.25) is 4.68 Å². The highest BCUT2D eigenvalue weighted by Gasteiger charge is 2.04. The van der Waals surface area contributed by atoms with Gasteiger partial charge in [0.25, 0.3) is 0 Å². The highest BCUT2D eigenvalue weighted by Crippen LogP contribution is 2.20. The van der Waals surface area contributed by atoms with Gasteiger partial charge in [-0.15, -0.1) is 0 Å². The first-order valence-electron chi connectivity index (χ1n) is 6.45. The summed E-state index contributed by atoms with van der Waals surface area (Å²) < 4.78 is 7.33. The van der Waals surface area contributed by atoms with Crippen LogP contribution in [0, 0.1) is 0 Å². The molecule has 0 bridgehead atoms. The third kappa shape index (κ3) is 3.94. The number of ether oxygens (including phenoxy) is 1. The minimum Gasteiger partial charge on any atom is -0.490 e. The van der Waals surface area contributed by atoms with E-state index < -0.39 is 0 Å². The molecule has 0 saturated carbocycles. The predicted octanol–water partition coefficient (Wildman–Crippen LogP) is 1.65. The van der Waals surface area contributed by atoms with Crippen molar-refractivity contribution in [3.63, 3.8) is 0 Å². The zero-order valence-corrected chi connectivity index (χ0v) is 11.3. The Bertz CT molecular complexity index is 511. The molecule has 0 aliphatic heterocycles. The molecule has 0 aliphatic rings. The van der Waals surface area contributed by atoms with Crippen molar-refractivity contribution < 1.29 is 4.74 Å².